The average Bonchev–Trinajstić information content (AvgIpc) is 3.89. The summed E-state index contributed by atoms with van der Waals surface area (Å²) in [4.78, 5) is 20.2. The van der Waals surface area contributed by atoms with E-state index in [1.807, 2.05) is 0 Å². The molecule has 0 bridgehead atoms. The lowest BCUT2D eigenvalue weighted by Crippen LogP contribution is -2.10. The highest BCUT2D eigenvalue weighted by Crippen LogP contribution is 2.45. The minimum absolute atomic E-state index is 0.0158. The summed E-state index contributed by atoms with van der Waals surface area (Å²) in [6.45, 7) is -3.91. The van der Waals surface area contributed by atoms with Gasteiger partial charge < -0.3 is 19.1 Å². The van der Waals surface area contributed by atoms with Crippen molar-refractivity contribution in [2.75, 3.05) is 0 Å². The molecule has 3 aromatic heterocycles. The molecule has 2 fully saturated rings. The Morgan fingerprint density at radius 3 is 2.45 bits per heavy atom. The molecular weight excluding hydrogens is 570 g/mol. The second-order valence-corrected chi connectivity index (χ2v) is 9.96. The number of halogens is 6. The first kappa shape index (κ1) is 27.9. The van der Waals surface area contributed by atoms with Crippen LogP contribution in [0.3, 0.4) is 0 Å². The van der Waals surface area contributed by atoms with Crippen molar-refractivity contribution in [3.05, 3.63) is 65.3 Å². The molecule has 0 unspecified atom stereocenters. The van der Waals surface area contributed by atoms with Gasteiger partial charge in [-0.3, -0.25) is 0 Å². The van der Waals surface area contributed by atoms with Crippen LogP contribution < -0.4 is 9.47 Å². The summed E-state index contributed by atoms with van der Waals surface area (Å²) in [7, 11) is 0. The molecule has 1 N–H and O–H groups in total. The number of benzene rings is 1. The number of ether oxygens (including phenoxy) is 2. The molecule has 4 aromatic rings. The average molecular weight is 592 g/mol. The van der Waals surface area contributed by atoms with Gasteiger partial charge in [-0.2, -0.15) is 26.9 Å². The van der Waals surface area contributed by atoms with E-state index < -0.39 is 36.8 Å². The first-order valence-corrected chi connectivity index (χ1v) is 13.0. The molecule has 6 rings (SSSR count). The molecule has 0 spiro atoms. The van der Waals surface area contributed by atoms with Gasteiger partial charge in [-0.25, -0.2) is 24.3 Å². The monoisotopic (exact) mass is 592 g/mol. The van der Waals surface area contributed by atoms with E-state index in [1.165, 1.54) is 22.8 Å². The summed E-state index contributed by atoms with van der Waals surface area (Å²) >= 11 is 0. The predicted octanol–water partition coefficient (Wildman–Crippen LogP) is 5.84. The quantitative estimate of drug-likeness (QED) is 0.229. The van der Waals surface area contributed by atoms with Gasteiger partial charge in [0.2, 0.25) is 11.8 Å². The van der Waals surface area contributed by atoms with Crippen molar-refractivity contribution in [2.45, 2.75) is 63.6 Å². The Kier molecular flexibility index (Phi) is 7.20. The van der Waals surface area contributed by atoms with E-state index in [0.29, 0.717) is 24.1 Å². The maximum absolute atomic E-state index is 15.2. The Morgan fingerprint density at radius 1 is 1.02 bits per heavy atom. The van der Waals surface area contributed by atoms with Crippen molar-refractivity contribution in [1.29, 1.82) is 0 Å². The SMILES string of the molecule is OCc1cc(OCc2ccc(-c3nc(C(F)(F)F)cn3C3CC3)c(F)c2)nc(-c2c(OC(F)F)ncnc2C2CC2)n1. The Balaban J connectivity index is 1.27. The Hall–Kier alpha value is -4.27. The van der Waals surface area contributed by atoms with E-state index in [0.717, 1.165) is 31.4 Å². The third-order valence-electron chi connectivity index (χ3n) is 6.77. The Labute approximate surface area is 234 Å². The van der Waals surface area contributed by atoms with Crippen molar-refractivity contribution >= 4 is 0 Å². The molecule has 2 aliphatic carbocycles. The largest absolute Gasteiger partial charge is 0.473 e. The molecule has 2 aliphatic rings. The van der Waals surface area contributed by atoms with Gasteiger partial charge in [0, 0.05) is 24.2 Å². The molecule has 1 aromatic carbocycles. The molecule has 0 atom stereocenters. The van der Waals surface area contributed by atoms with Crippen molar-refractivity contribution in [1.82, 2.24) is 29.5 Å². The van der Waals surface area contributed by atoms with Crippen molar-refractivity contribution in [2.24, 2.45) is 0 Å². The van der Waals surface area contributed by atoms with Gasteiger partial charge >= 0.3 is 12.8 Å². The van der Waals surface area contributed by atoms with Crippen molar-refractivity contribution in [3.63, 3.8) is 0 Å². The van der Waals surface area contributed by atoms with E-state index >= 15 is 4.39 Å². The van der Waals surface area contributed by atoms with Crippen LogP contribution in [0, 0.1) is 5.82 Å². The van der Waals surface area contributed by atoms with Gasteiger partial charge in [-0.05, 0) is 43.4 Å². The Morgan fingerprint density at radius 2 is 1.81 bits per heavy atom. The van der Waals surface area contributed by atoms with E-state index in [1.54, 1.807) is 0 Å². The molecular formula is C27H22F6N6O3. The molecule has 3 heterocycles. The van der Waals surface area contributed by atoms with Crippen LogP contribution in [-0.4, -0.2) is 41.2 Å². The lowest BCUT2D eigenvalue weighted by molar-refractivity contribution is -0.140. The minimum Gasteiger partial charge on any atom is -0.473 e. The number of imidazole rings is 1. The van der Waals surface area contributed by atoms with Gasteiger partial charge in [0.25, 0.3) is 0 Å². The molecule has 2 saturated carbocycles. The fourth-order valence-electron chi connectivity index (χ4n) is 4.52. The number of hydrogen-bond donors (Lipinski definition) is 1. The Bertz CT molecular complexity index is 1620. The lowest BCUT2D eigenvalue weighted by atomic mass is 10.1. The zero-order chi connectivity index (χ0) is 29.6. The van der Waals surface area contributed by atoms with E-state index in [-0.39, 0.29) is 52.9 Å². The normalized spacial score (nSPS) is 15.3. The van der Waals surface area contributed by atoms with E-state index in [9.17, 15) is 27.1 Å². The molecule has 0 saturated heterocycles. The van der Waals surface area contributed by atoms with Crippen molar-refractivity contribution < 1.29 is 40.9 Å². The highest BCUT2D eigenvalue weighted by Gasteiger charge is 2.38. The molecule has 9 nitrogen and oxygen atoms in total. The maximum atomic E-state index is 15.2. The number of rotatable bonds is 10. The number of aliphatic hydroxyl groups excluding tert-OH is 1. The zero-order valence-electron chi connectivity index (χ0n) is 21.7. The summed E-state index contributed by atoms with van der Waals surface area (Å²) < 4.78 is 92.9. The van der Waals surface area contributed by atoms with Crippen LogP contribution in [0.5, 0.6) is 11.8 Å². The fraction of sp³-hybridized carbons (Fsp3) is 0.370. The van der Waals surface area contributed by atoms with Crippen LogP contribution in [-0.2, 0) is 19.4 Å². The topological polar surface area (TPSA) is 108 Å². The molecule has 220 valence electrons. The van der Waals surface area contributed by atoms with Crippen molar-refractivity contribution in [3.8, 4) is 34.5 Å². The van der Waals surface area contributed by atoms with E-state index in [2.05, 4.69) is 29.7 Å². The third-order valence-corrected chi connectivity index (χ3v) is 6.77. The predicted molar refractivity (Wildman–Crippen MR) is 133 cm³/mol. The van der Waals surface area contributed by atoms with Gasteiger partial charge in [0.1, 0.15) is 30.1 Å². The molecule has 15 heteroatoms. The van der Waals surface area contributed by atoms with E-state index in [4.69, 9.17) is 4.74 Å². The van der Waals surface area contributed by atoms with Crippen LogP contribution >= 0.6 is 0 Å². The summed E-state index contributed by atoms with van der Waals surface area (Å²) in [6, 6.07) is 5.09. The molecule has 42 heavy (non-hydrogen) atoms. The number of hydrogen-bond acceptors (Lipinski definition) is 8. The second kappa shape index (κ2) is 10.9. The van der Waals surface area contributed by atoms with Gasteiger partial charge in [0.05, 0.1) is 23.6 Å². The third kappa shape index (κ3) is 5.86. The maximum Gasteiger partial charge on any atom is 0.434 e. The fourth-order valence-corrected chi connectivity index (χ4v) is 4.52. The summed E-state index contributed by atoms with van der Waals surface area (Å²) in [5, 5.41) is 9.76. The van der Waals surface area contributed by atoms with Crippen LogP contribution in [0.25, 0.3) is 22.8 Å². The highest BCUT2D eigenvalue weighted by atomic mass is 19.4. The molecule has 0 amide bonds. The summed E-state index contributed by atoms with van der Waals surface area (Å²) in [5.74, 6) is -1.48. The zero-order valence-corrected chi connectivity index (χ0v) is 21.7. The summed E-state index contributed by atoms with van der Waals surface area (Å²) in [6.07, 6.45) is 0.263. The van der Waals surface area contributed by atoms with Crippen LogP contribution in [0.15, 0.2) is 36.8 Å². The standard InChI is InChI=1S/C27H22F6N6O3/c28-18-7-13(1-6-17(18)24-37-19(27(31,32)33)9-39(24)16-4-5-16)11-41-20-8-15(10-40)36-23(38-20)21-22(14-2-3-14)34-12-35-25(21)42-26(29)30/h1,6-9,12,14,16,26,40H,2-5,10-11H2. The second-order valence-electron chi connectivity index (χ2n) is 9.96. The van der Waals surface area contributed by atoms with Gasteiger partial charge in [0.15, 0.2) is 11.5 Å². The lowest BCUT2D eigenvalue weighted by Gasteiger charge is -2.14. The summed E-state index contributed by atoms with van der Waals surface area (Å²) in [5.41, 5.74) is -0.260. The van der Waals surface area contributed by atoms with Gasteiger partial charge in [-0.15, -0.1) is 0 Å². The first-order chi connectivity index (χ1) is 20.1. The number of aliphatic hydroxyl groups is 1. The number of alkyl halides is 5. The first-order valence-electron chi connectivity index (χ1n) is 13.0. The van der Waals surface area contributed by atoms with Crippen LogP contribution in [0.2, 0.25) is 0 Å². The molecule has 0 radical (unpaired) electrons. The molecule has 0 aliphatic heterocycles. The van der Waals surface area contributed by atoms with Crippen LogP contribution in [0.1, 0.15) is 60.3 Å². The minimum atomic E-state index is -4.67. The number of aromatic nitrogens is 6. The smallest absolute Gasteiger partial charge is 0.434 e. The number of nitrogens with zero attached hydrogens (tertiary/aromatic N) is 6. The van der Waals surface area contributed by atoms with Crippen LogP contribution in [0.4, 0.5) is 26.3 Å². The van der Waals surface area contributed by atoms with Gasteiger partial charge in [-0.1, -0.05) is 6.07 Å². The highest BCUT2D eigenvalue weighted by molar-refractivity contribution is 5.66.